The van der Waals surface area contributed by atoms with E-state index in [0.717, 1.165) is 17.0 Å². The molecule has 0 spiro atoms. The molecule has 0 unspecified atom stereocenters. The first-order valence-electron chi connectivity index (χ1n) is 5.31. The first kappa shape index (κ1) is 15.7. The molecule has 0 aliphatic rings. The topological polar surface area (TPSA) is 89.4 Å². The Bertz CT molecular complexity index is 537. The summed E-state index contributed by atoms with van der Waals surface area (Å²) in [4.78, 5) is 0.630. The maximum Gasteiger partial charge on any atom is 0.255 e. The molecule has 0 aromatic heterocycles. The summed E-state index contributed by atoms with van der Waals surface area (Å²) in [5.41, 5.74) is 5.13. The summed E-state index contributed by atoms with van der Waals surface area (Å²) in [5.74, 6) is -0.944. The van der Waals surface area contributed by atoms with Crippen LogP contribution in [0.4, 0.5) is 18.9 Å². The Balaban J connectivity index is 3.11. The number of anilines is 1. The van der Waals surface area contributed by atoms with Crippen LogP contribution in [0.1, 0.15) is 0 Å². The molecular formula is C10H14F3N3O2S. The van der Waals surface area contributed by atoms with Crippen LogP contribution >= 0.6 is 0 Å². The molecule has 0 bridgehead atoms. The number of hydrogen-bond donors (Lipinski definition) is 2. The maximum atomic E-state index is 13.8. The van der Waals surface area contributed by atoms with Gasteiger partial charge >= 0.3 is 0 Å². The highest BCUT2D eigenvalue weighted by Gasteiger charge is 2.18. The zero-order chi connectivity index (χ0) is 14.6. The van der Waals surface area contributed by atoms with Crippen molar-refractivity contribution in [3.05, 3.63) is 24.0 Å². The molecule has 0 atom stereocenters. The molecule has 1 rings (SSSR count). The highest BCUT2D eigenvalue weighted by molar-refractivity contribution is 7.89. The van der Waals surface area contributed by atoms with E-state index in [-0.39, 0.29) is 18.8 Å². The van der Waals surface area contributed by atoms with E-state index in [4.69, 9.17) is 10.9 Å². The zero-order valence-electron chi connectivity index (χ0n) is 9.89. The van der Waals surface area contributed by atoms with Gasteiger partial charge in [-0.1, -0.05) is 0 Å². The third-order valence-electron chi connectivity index (χ3n) is 2.35. The van der Waals surface area contributed by atoms with Crippen LogP contribution in [0.25, 0.3) is 0 Å². The molecule has 9 heteroatoms. The van der Waals surface area contributed by atoms with Crippen LogP contribution in [0.15, 0.2) is 23.1 Å². The molecule has 0 saturated carbocycles. The second-order valence-electron chi connectivity index (χ2n) is 3.78. The molecule has 0 amide bonds. The summed E-state index contributed by atoms with van der Waals surface area (Å²) in [7, 11) is -4.03. The Morgan fingerprint density at radius 2 is 1.95 bits per heavy atom. The van der Waals surface area contributed by atoms with E-state index in [1.807, 2.05) is 0 Å². The maximum absolute atomic E-state index is 13.8. The van der Waals surface area contributed by atoms with Gasteiger partial charge in [0.2, 0.25) is 10.0 Å². The Labute approximate surface area is 109 Å². The van der Waals surface area contributed by atoms with Gasteiger partial charge in [0, 0.05) is 13.1 Å². The Kier molecular flexibility index (Phi) is 5.15. The molecule has 108 valence electrons. The van der Waals surface area contributed by atoms with Crippen molar-refractivity contribution in [2.45, 2.75) is 11.3 Å². The number of nitrogens with zero attached hydrogens (tertiary/aromatic N) is 1. The number of nitrogens with two attached hydrogens (primary N) is 2. The molecule has 0 aliphatic carbocycles. The van der Waals surface area contributed by atoms with Gasteiger partial charge in [0.05, 0.1) is 17.1 Å². The van der Waals surface area contributed by atoms with Crippen LogP contribution in [0, 0.1) is 5.82 Å². The molecular weight excluding hydrogens is 283 g/mol. The minimum absolute atomic E-state index is 0.0238. The third kappa shape index (κ3) is 4.37. The van der Waals surface area contributed by atoms with Crippen molar-refractivity contribution in [1.29, 1.82) is 0 Å². The summed E-state index contributed by atoms with van der Waals surface area (Å²) >= 11 is 0. The lowest BCUT2D eigenvalue weighted by atomic mass is 10.2. The number of primary sulfonamides is 1. The van der Waals surface area contributed by atoms with Gasteiger partial charge in [-0.05, 0) is 18.2 Å². The van der Waals surface area contributed by atoms with Gasteiger partial charge in [0.25, 0.3) is 6.43 Å². The van der Waals surface area contributed by atoms with Crippen molar-refractivity contribution in [2.75, 3.05) is 24.5 Å². The number of benzene rings is 1. The zero-order valence-corrected chi connectivity index (χ0v) is 10.7. The average Bonchev–Trinajstić information content (AvgIpc) is 2.26. The van der Waals surface area contributed by atoms with E-state index in [1.165, 1.54) is 0 Å². The normalized spacial score (nSPS) is 11.9. The molecule has 19 heavy (non-hydrogen) atoms. The van der Waals surface area contributed by atoms with Crippen LogP contribution < -0.4 is 15.8 Å². The minimum atomic E-state index is -4.03. The van der Waals surface area contributed by atoms with Crippen LogP contribution in [-0.4, -0.2) is 34.5 Å². The van der Waals surface area contributed by atoms with Crippen LogP contribution in [0.5, 0.6) is 0 Å². The van der Waals surface area contributed by atoms with Gasteiger partial charge in [-0.2, -0.15) is 0 Å². The van der Waals surface area contributed by atoms with E-state index in [9.17, 15) is 21.6 Å². The lowest BCUT2D eigenvalue weighted by molar-refractivity contribution is 0.155. The van der Waals surface area contributed by atoms with Crippen molar-refractivity contribution in [1.82, 2.24) is 0 Å². The lowest BCUT2D eigenvalue weighted by Gasteiger charge is -2.24. The van der Waals surface area contributed by atoms with Gasteiger partial charge in [-0.15, -0.1) is 0 Å². The van der Waals surface area contributed by atoms with Gasteiger partial charge in [-0.3, -0.25) is 0 Å². The van der Waals surface area contributed by atoms with Crippen molar-refractivity contribution >= 4 is 15.7 Å². The van der Waals surface area contributed by atoms with Crippen LogP contribution in [-0.2, 0) is 10.0 Å². The number of halogens is 3. The Hall–Kier alpha value is -1.32. The number of alkyl halides is 2. The van der Waals surface area contributed by atoms with E-state index in [2.05, 4.69) is 0 Å². The van der Waals surface area contributed by atoms with Gasteiger partial charge in [0.15, 0.2) is 0 Å². The lowest BCUT2D eigenvalue weighted by Crippen LogP contribution is -2.34. The summed E-state index contributed by atoms with van der Waals surface area (Å²) in [6, 6.07) is 2.84. The van der Waals surface area contributed by atoms with Crippen LogP contribution in [0.2, 0.25) is 0 Å². The SMILES string of the molecule is NCCN(CC(F)F)c1ccc(S(N)(=O)=O)cc1F. The number of hydrogen-bond acceptors (Lipinski definition) is 4. The molecule has 0 saturated heterocycles. The number of sulfonamides is 1. The summed E-state index contributed by atoms with van der Waals surface area (Å²) < 4.78 is 60.6. The second-order valence-corrected chi connectivity index (χ2v) is 5.35. The van der Waals surface area contributed by atoms with E-state index < -0.39 is 33.7 Å². The highest BCUT2D eigenvalue weighted by Crippen LogP contribution is 2.22. The molecule has 0 radical (unpaired) electrons. The van der Waals surface area contributed by atoms with E-state index in [0.29, 0.717) is 6.07 Å². The predicted octanol–water partition coefficient (Wildman–Crippen LogP) is 0.503. The van der Waals surface area contributed by atoms with Crippen molar-refractivity contribution in [3.8, 4) is 0 Å². The second kappa shape index (κ2) is 6.22. The van der Waals surface area contributed by atoms with Crippen molar-refractivity contribution in [3.63, 3.8) is 0 Å². The monoisotopic (exact) mass is 297 g/mol. The molecule has 0 aliphatic heterocycles. The first-order valence-corrected chi connectivity index (χ1v) is 6.86. The fraction of sp³-hybridized carbons (Fsp3) is 0.400. The minimum Gasteiger partial charge on any atom is -0.362 e. The molecule has 1 aromatic carbocycles. The summed E-state index contributed by atoms with van der Waals surface area (Å²) in [5, 5.41) is 4.84. The van der Waals surface area contributed by atoms with Crippen LogP contribution in [0.3, 0.4) is 0 Å². The molecule has 5 nitrogen and oxygen atoms in total. The van der Waals surface area contributed by atoms with E-state index in [1.54, 1.807) is 0 Å². The summed E-state index contributed by atoms with van der Waals surface area (Å²) in [6.07, 6.45) is -2.66. The van der Waals surface area contributed by atoms with Gasteiger partial charge in [-0.25, -0.2) is 26.7 Å². The van der Waals surface area contributed by atoms with Gasteiger partial charge in [0.1, 0.15) is 5.82 Å². The fourth-order valence-electron chi connectivity index (χ4n) is 1.55. The molecule has 0 heterocycles. The third-order valence-corrected chi connectivity index (χ3v) is 3.26. The standard InChI is InChI=1S/C10H14F3N3O2S/c11-8-5-7(19(15,17)18)1-2-9(8)16(4-3-14)6-10(12)13/h1-2,5,10H,3-4,6,14H2,(H2,15,17,18). The fourth-order valence-corrected chi connectivity index (χ4v) is 2.08. The first-order chi connectivity index (χ1) is 8.75. The Morgan fingerprint density at radius 3 is 2.37 bits per heavy atom. The molecule has 4 N–H and O–H groups in total. The average molecular weight is 297 g/mol. The predicted molar refractivity (Wildman–Crippen MR) is 65.0 cm³/mol. The van der Waals surface area contributed by atoms with Gasteiger partial charge < -0.3 is 10.6 Å². The van der Waals surface area contributed by atoms with E-state index >= 15 is 0 Å². The number of rotatable bonds is 6. The smallest absolute Gasteiger partial charge is 0.255 e. The molecule has 0 fully saturated rings. The van der Waals surface area contributed by atoms with Crippen molar-refractivity contribution in [2.24, 2.45) is 10.9 Å². The highest BCUT2D eigenvalue weighted by atomic mass is 32.2. The molecule has 1 aromatic rings. The quantitative estimate of drug-likeness (QED) is 0.800. The Morgan fingerprint density at radius 1 is 1.32 bits per heavy atom. The largest absolute Gasteiger partial charge is 0.362 e. The summed E-state index contributed by atoms with van der Waals surface area (Å²) in [6.45, 7) is -0.609. The van der Waals surface area contributed by atoms with Crippen molar-refractivity contribution < 1.29 is 21.6 Å².